The van der Waals surface area contributed by atoms with Gasteiger partial charge in [0.1, 0.15) is 6.04 Å². The maximum atomic E-state index is 12.4. The largest absolute Gasteiger partial charge is 0.480 e. The van der Waals surface area contributed by atoms with E-state index in [1.165, 1.54) is 4.90 Å². The first-order chi connectivity index (χ1) is 8.50. The van der Waals surface area contributed by atoms with Gasteiger partial charge in [0.25, 0.3) is 0 Å². The quantitative estimate of drug-likeness (QED) is 0.773. The Kier molecular flexibility index (Phi) is 3.78. The monoisotopic (exact) mass is 254 g/mol. The fraction of sp³-hybridized carbons (Fsp3) is 0.846. The van der Waals surface area contributed by atoms with Gasteiger partial charge in [-0.3, -0.25) is 0 Å². The number of hydrogen-bond donors (Lipinski definition) is 1. The molecule has 0 aromatic heterocycles. The molecule has 2 heterocycles. The smallest absolute Gasteiger partial charge is 0.326 e. The van der Waals surface area contributed by atoms with Gasteiger partial charge in [0.15, 0.2) is 0 Å². The topological polar surface area (TPSA) is 60.9 Å². The first-order valence-corrected chi connectivity index (χ1v) is 6.79. The lowest BCUT2D eigenvalue weighted by molar-refractivity contribution is -0.141. The molecule has 5 heteroatoms. The number of nitrogens with zero attached hydrogens (tertiary/aromatic N) is 2. The van der Waals surface area contributed by atoms with E-state index < -0.39 is 12.0 Å². The molecule has 0 aromatic rings. The van der Waals surface area contributed by atoms with Gasteiger partial charge in [-0.1, -0.05) is 13.8 Å². The Morgan fingerprint density at radius 2 is 1.83 bits per heavy atom. The van der Waals surface area contributed by atoms with Crippen LogP contribution in [0.2, 0.25) is 0 Å². The summed E-state index contributed by atoms with van der Waals surface area (Å²) in [6.07, 6.45) is 2.39. The highest BCUT2D eigenvalue weighted by Gasteiger charge is 2.37. The van der Waals surface area contributed by atoms with Gasteiger partial charge in [-0.05, 0) is 31.1 Å². The number of carboxylic acid groups (broad SMARTS) is 1. The Morgan fingerprint density at radius 3 is 2.44 bits per heavy atom. The van der Waals surface area contributed by atoms with E-state index in [0.29, 0.717) is 24.8 Å². The standard InChI is InChI=1S/C13H22N2O3/c1-9-5-7-14(8-10(9)2)13(18)15-6-3-4-11(15)12(16)17/h9-11H,3-8H2,1-2H3,(H,16,17)/t9?,10?,11-/m1/s1. The van der Waals surface area contributed by atoms with E-state index in [0.717, 1.165) is 25.9 Å². The molecule has 2 aliphatic rings. The highest BCUT2D eigenvalue weighted by molar-refractivity contribution is 5.83. The van der Waals surface area contributed by atoms with Crippen LogP contribution in [0.25, 0.3) is 0 Å². The fourth-order valence-corrected chi connectivity index (χ4v) is 2.87. The van der Waals surface area contributed by atoms with Crippen molar-refractivity contribution in [1.29, 1.82) is 0 Å². The molecule has 2 rings (SSSR count). The maximum absolute atomic E-state index is 12.4. The molecule has 2 saturated heterocycles. The second kappa shape index (κ2) is 5.16. The molecule has 0 saturated carbocycles. The van der Waals surface area contributed by atoms with Crippen molar-refractivity contribution in [3.63, 3.8) is 0 Å². The summed E-state index contributed by atoms with van der Waals surface area (Å²) in [6.45, 7) is 6.46. The molecule has 3 atom stereocenters. The number of carbonyl (C=O) groups is 2. The highest BCUT2D eigenvalue weighted by atomic mass is 16.4. The molecule has 0 spiro atoms. The number of aliphatic carboxylic acids is 1. The van der Waals surface area contributed by atoms with Gasteiger partial charge >= 0.3 is 12.0 Å². The Hall–Kier alpha value is -1.26. The zero-order chi connectivity index (χ0) is 13.3. The number of carboxylic acids is 1. The second-order valence-corrected chi connectivity index (χ2v) is 5.66. The van der Waals surface area contributed by atoms with Crippen LogP contribution in [0.15, 0.2) is 0 Å². The fourth-order valence-electron chi connectivity index (χ4n) is 2.87. The van der Waals surface area contributed by atoms with Crippen molar-refractivity contribution in [3.05, 3.63) is 0 Å². The van der Waals surface area contributed by atoms with E-state index in [4.69, 9.17) is 5.11 Å². The normalized spacial score (nSPS) is 32.7. The minimum Gasteiger partial charge on any atom is -0.480 e. The van der Waals surface area contributed by atoms with Crippen molar-refractivity contribution >= 4 is 12.0 Å². The minimum absolute atomic E-state index is 0.0846. The second-order valence-electron chi connectivity index (χ2n) is 5.66. The van der Waals surface area contributed by atoms with E-state index in [1.807, 2.05) is 4.90 Å². The zero-order valence-electron chi connectivity index (χ0n) is 11.1. The van der Waals surface area contributed by atoms with Gasteiger partial charge in [-0.2, -0.15) is 0 Å². The summed E-state index contributed by atoms with van der Waals surface area (Å²) in [5.41, 5.74) is 0. The number of hydrogen-bond acceptors (Lipinski definition) is 2. The molecular weight excluding hydrogens is 232 g/mol. The van der Waals surface area contributed by atoms with Crippen molar-refractivity contribution in [3.8, 4) is 0 Å². The van der Waals surface area contributed by atoms with Gasteiger partial charge in [0.2, 0.25) is 0 Å². The van der Waals surface area contributed by atoms with Crippen molar-refractivity contribution in [1.82, 2.24) is 9.80 Å². The van der Waals surface area contributed by atoms with E-state index in [2.05, 4.69) is 13.8 Å². The highest BCUT2D eigenvalue weighted by Crippen LogP contribution is 2.25. The average molecular weight is 254 g/mol. The SMILES string of the molecule is CC1CCN(C(=O)N2CCC[C@@H]2C(=O)O)CC1C. The number of rotatable bonds is 1. The van der Waals surface area contributed by atoms with Gasteiger partial charge in [0.05, 0.1) is 0 Å². The molecule has 102 valence electrons. The van der Waals surface area contributed by atoms with Gasteiger partial charge in [-0.25, -0.2) is 9.59 Å². The third-order valence-electron chi connectivity index (χ3n) is 4.39. The summed E-state index contributed by atoms with van der Waals surface area (Å²) in [4.78, 5) is 26.8. The van der Waals surface area contributed by atoms with Gasteiger partial charge in [0, 0.05) is 19.6 Å². The summed E-state index contributed by atoms with van der Waals surface area (Å²) in [5.74, 6) is 0.260. The van der Waals surface area contributed by atoms with Crippen LogP contribution < -0.4 is 0 Å². The first-order valence-electron chi connectivity index (χ1n) is 6.79. The molecular formula is C13H22N2O3. The maximum Gasteiger partial charge on any atom is 0.326 e. The lowest BCUT2D eigenvalue weighted by atomic mass is 9.89. The molecule has 0 bridgehead atoms. The molecule has 2 unspecified atom stereocenters. The molecule has 18 heavy (non-hydrogen) atoms. The van der Waals surface area contributed by atoms with Crippen LogP contribution in [-0.2, 0) is 4.79 Å². The molecule has 0 aliphatic carbocycles. The summed E-state index contributed by atoms with van der Waals surface area (Å²) < 4.78 is 0. The Labute approximate surface area is 108 Å². The van der Waals surface area contributed by atoms with Gasteiger partial charge < -0.3 is 14.9 Å². The van der Waals surface area contributed by atoms with Crippen LogP contribution in [0.5, 0.6) is 0 Å². The minimum atomic E-state index is -0.876. The van der Waals surface area contributed by atoms with Crippen LogP contribution in [0.1, 0.15) is 33.1 Å². The number of likely N-dealkylation sites (tertiary alicyclic amines) is 2. The third-order valence-corrected chi connectivity index (χ3v) is 4.39. The third kappa shape index (κ3) is 2.44. The van der Waals surface area contributed by atoms with Crippen molar-refractivity contribution in [2.75, 3.05) is 19.6 Å². The summed E-state index contributed by atoms with van der Waals surface area (Å²) >= 11 is 0. The van der Waals surface area contributed by atoms with Crippen LogP contribution in [0.3, 0.4) is 0 Å². The van der Waals surface area contributed by atoms with E-state index in [9.17, 15) is 9.59 Å². The molecule has 0 aromatic carbocycles. The molecule has 2 fully saturated rings. The summed E-state index contributed by atoms with van der Waals surface area (Å²) in [7, 11) is 0. The number of urea groups is 1. The molecule has 2 aliphatic heterocycles. The lowest BCUT2D eigenvalue weighted by Gasteiger charge is -2.38. The van der Waals surface area contributed by atoms with E-state index in [-0.39, 0.29) is 6.03 Å². The first kappa shape index (κ1) is 13.2. The van der Waals surface area contributed by atoms with Crippen molar-refractivity contribution in [2.24, 2.45) is 11.8 Å². The number of amides is 2. The lowest BCUT2D eigenvalue weighted by Crippen LogP contribution is -2.51. The average Bonchev–Trinajstić information content (AvgIpc) is 2.81. The van der Waals surface area contributed by atoms with Gasteiger partial charge in [-0.15, -0.1) is 0 Å². The van der Waals surface area contributed by atoms with Crippen molar-refractivity contribution < 1.29 is 14.7 Å². The predicted octanol–water partition coefficient (Wildman–Crippen LogP) is 1.63. The summed E-state index contributed by atoms with van der Waals surface area (Å²) in [6, 6.07) is -0.703. The Balaban J connectivity index is 2.01. The number of carbonyl (C=O) groups excluding carboxylic acids is 1. The molecule has 5 nitrogen and oxygen atoms in total. The Bertz CT molecular complexity index is 345. The summed E-state index contributed by atoms with van der Waals surface area (Å²) in [5, 5.41) is 9.11. The van der Waals surface area contributed by atoms with Crippen LogP contribution in [-0.4, -0.2) is 52.6 Å². The molecule has 0 radical (unpaired) electrons. The predicted molar refractivity (Wildman–Crippen MR) is 67.3 cm³/mol. The van der Waals surface area contributed by atoms with Crippen molar-refractivity contribution in [2.45, 2.75) is 39.2 Å². The molecule has 1 N–H and O–H groups in total. The number of piperidine rings is 1. The molecule has 2 amide bonds. The van der Waals surface area contributed by atoms with Crippen LogP contribution >= 0.6 is 0 Å². The zero-order valence-corrected chi connectivity index (χ0v) is 11.1. The Morgan fingerprint density at radius 1 is 1.11 bits per heavy atom. The van der Waals surface area contributed by atoms with Crippen LogP contribution in [0.4, 0.5) is 4.79 Å². The van der Waals surface area contributed by atoms with E-state index >= 15 is 0 Å². The van der Waals surface area contributed by atoms with E-state index in [1.54, 1.807) is 0 Å². The van der Waals surface area contributed by atoms with Crippen LogP contribution in [0, 0.1) is 11.8 Å².